The summed E-state index contributed by atoms with van der Waals surface area (Å²) >= 11 is 0. The van der Waals surface area contributed by atoms with Gasteiger partial charge in [-0.1, -0.05) is 13.3 Å². The molecule has 0 spiro atoms. The van der Waals surface area contributed by atoms with Gasteiger partial charge < -0.3 is 20.2 Å². The van der Waals surface area contributed by atoms with E-state index in [1.165, 1.54) is 32.4 Å². The maximum Gasteiger partial charge on any atom is 0.290 e. The van der Waals surface area contributed by atoms with Crippen molar-refractivity contribution in [3.63, 3.8) is 0 Å². The van der Waals surface area contributed by atoms with Crippen molar-refractivity contribution in [2.45, 2.75) is 26.2 Å². The summed E-state index contributed by atoms with van der Waals surface area (Å²) in [4.78, 5) is 28.9. The largest absolute Gasteiger partial charge is 0.483 e. The Bertz CT molecular complexity index is 529. The number of aromatic nitrogens is 1. The average molecular weight is 350 g/mol. The van der Waals surface area contributed by atoms with E-state index in [1.807, 2.05) is 6.07 Å². The molecule has 1 aliphatic rings. The fourth-order valence-electron chi connectivity index (χ4n) is 2.91. The molecule has 1 saturated heterocycles. The Labute approximate surface area is 150 Å². The lowest BCUT2D eigenvalue weighted by Gasteiger charge is -2.31. The van der Waals surface area contributed by atoms with Crippen LogP contribution in [0.2, 0.25) is 0 Å². The molecule has 1 aromatic rings. The zero-order valence-corrected chi connectivity index (χ0v) is 15.4. The van der Waals surface area contributed by atoms with E-state index < -0.39 is 0 Å². The molecule has 0 radical (unpaired) electrons. The van der Waals surface area contributed by atoms with E-state index in [0.717, 1.165) is 19.0 Å². The predicted molar refractivity (Wildman–Crippen MR) is 98.9 cm³/mol. The van der Waals surface area contributed by atoms with Crippen LogP contribution in [0.15, 0.2) is 18.3 Å². The minimum absolute atomic E-state index is 0.0145. The van der Waals surface area contributed by atoms with E-state index in [4.69, 9.17) is 9.90 Å². The van der Waals surface area contributed by atoms with Crippen molar-refractivity contribution >= 4 is 18.2 Å². The third-order valence-electron chi connectivity index (χ3n) is 4.45. The molecule has 2 N–H and O–H groups in total. The van der Waals surface area contributed by atoms with Gasteiger partial charge in [0.1, 0.15) is 5.82 Å². The molecule has 0 bridgehead atoms. The standard InChI is InChI=1S/C17H28N4O.CH2O2/c1-4-14-7-11-21(12-8-14)13-10-19-16-15(6-5-9-18-16)17(22)20(2)3;2-1-3/h5-6,9,14H,4,7-8,10-13H2,1-3H3,(H,18,19);1H,(H,2,3). The molecule has 7 heteroatoms. The lowest BCUT2D eigenvalue weighted by atomic mass is 9.94. The first kappa shape index (κ1) is 20.9. The second-order valence-electron chi connectivity index (χ2n) is 6.32. The van der Waals surface area contributed by atoms with Gasteiger partial charge >= 0.3 is 0 Å². The van der Waals surface area contributed by atoms with E-state index in [1.54, 1.807) is 31.3 Å². The predicted octanol–water partition coefficient (Wildman–Crippen LogP) is 2.02. The second-order valence-corrected chi connectivity index (χ2v) is 6.32. The van der Waals surface area contributed by atoms with E-state index in [0.29, 0.717) is 11.4 Å². The fourth-order valence-corrected chi connectivity index (χ4v) is 2.91. The highest BCUT2D eigenvalue weighted by Gasteiger charge is 2.18. The Kier molecular flexibility index (Phi) is 9.54. The molecule has 25 heavy (non-hydrogen) atoms. The van der Waals surface area contributed by atoms with Crippen molar-refractivity contribution in [3.05, 3.63) is 23.9 Å². The Hall–Kier alpha value is -2.15. The highest BCUT2D eigenvalue weighted by Crippen LogP contribution is 2.19. The van der Waals surface area contributed by atoms with E-state index in [-0.39, 0.29) is 12.4 Å². The van der Waals surface area contributed by atoms with Crippen LogP contribution in [-0.2, 0) is 4.79 Å². The van der Waals surface area contributed by atoms with Crippen LogP contribution in [0.4, 0.5) is 5.82 Å². The van der Waals surface area contributed by atoms with Crippen molar-refractivity contribution in [2.75, 3.05) is 45.6 Å². The molecule has 140 valence electrons. The molecule has 7 nitrogen and oxygen atoms in total. The number of pyridine rings is 1. The summed E-state index contributed by atoms with van der Waals surface area (Å²) in [6, 6.07) is 3.63. The van der Waals surface area contributed by atoms with Crippen molar-refractivity contribution in [2.24, 2.45) is 5.92 Å². The molecule has 1 aromatic heterocycles. The number of anilines is 1. The monoisotopic (exact) mass is 350 g/mol. The Morgan fingerprint density at radius 3 is 2.64 bits per heavy atom. The molecule has 1 amide bonds. The van der Waals surface area contributed by atoms with E-state index in [9.17, 15) is 4.79 Å². The first-order valence-electron chi connectivity index (χ1n) is 8.74. The molecule has 2 heterocycles. The number of amides is 1. The summed E-state index contributed by atoms with van der Waals surface area (Å²) in [5, 5.41) is 10.2. The first-order chi connectivity index (χ1) is 12.0. The van der Waals surface area contributed by atoms with Gasteiger partial charge in [-0.3, -0.25) is 9.59 Å². The van der Waals surface area contributed by atoms with Crippen LogP contribution in [0.3, 0.4) is 0 Å². The molecule has 0 saturated carbocycles. The highest BCUT2D eigenvalue weighted by atomic mass is 16.3. The number of hydrogen-bond acceptors (Lipinski definition) is 5. The number of rotatable bonds is 6. The number of nitrogens with one attached hydrogen (secondary N) is 1. The van der Waals surface area contributed by atoms with Crippen molar-refractivity contribution < 1.29 is 14.7 Å². The smallest absolute Gasteiger partial charge is 0.290 e. The molecule has 0 atom stereocenters. The van der Waals surface area contributed by atoms with Crippen LogP contribution in [0, 0.1) is 5.92 Å². The van der Waals surface area contributed by atoms with Crippen LogP contribution < -0.4 is 5.32 Å². The summed E-state index contributed by atoms with van der Waals surface area (Å²) in [7, 11) is 3.52. The topological polar surface area (TPSA) is 85.8 Å². The molecule has 0 aromatic carbocycles. The molecular formula is C18H30N4O3. The molecule has 0 aliphatic carbocycles. The van der Waals surface area contributed by atoms with E-state index in [2.05, 4.69) is 22.1 Å². The van der Waals surface area contributed by atoms with Gasteiger partial charge in [0.05, 0.1) is 5.56 Å². The maximum atomic E-state index is 12.1. The zero-order valence-electron chi connectivity index (χ0n) is 15.4. The lowest BCUT2D eigenvalue weighted by molar-refractivity contribution is -0.122. The van der Waals surface area contributed by atoms with Gasteiger partial charge in [0.25, 0.3) is 12.4 Å². The summed E-state index contributed by atoms with van der Waals surface area (Å²) in [6.45, 7) is 6.23. The molecule has 2 rings (SSSR count). The minimum Gasteiger partial charge on any atom is -0.483 e. The minimum atomic E-state index is -0.250. The van der Waals surface area contributed by atoms with Crippen LogP contribution in [-0.4, -0.2) is 72.5 Å². The number of piperidine rings is 1. The van der Waals surface area contributed by atoms with Gasteiger partial charge in [-0.2, -0.15) is 0 Å². The van der Waals surface area contributed by atoms with Crippen LogP contribution in [0.25, 0.3) is 0 Å². The van der Waals surface area contributed by atoms with Gasteiger partial charge in [-0.15, -0.1) is 0 Å². The summed E-state index contributed by atoms with van der Waals surface area (Å²) < 4.78 is 0. The third kappa shape index (κ3) is 7.09. The third-order valence-corrected chi connectivity index (χ3v) is 4.45. The number of carbonyl (C=O) groups excluding carboxylic acids is 1. The Balaban J connectivity index is 0.000000970. The van der Waals surface area contributed by atoms with Gasteiger partial charge in [-0.05, 0) is 44.0 Å². The quantitative estimate of drug-likeness (QED) is 0.764. The number of nitrogens with zero attached hydrogens (tertiary/aromatic N) is 3. The van der Waals surface area contributed by atoms with Crippen molar-refractivity contribution in [3.8, 4) is 0 Å². The summed E-state index contributed by atoms with van der Waals surface area (Å²) in [5.41, 5.74) is 0.636. The molecule has 1 fully saturated rings. The molecule has 0 unspecified atom stereocenters. The van der Waals surface area contributed by atoms with Gasteiger partial charge in [-0.25, -0.2) is 4.98 Å². The number of carbonyl (C=O) groups is 2. The van der Waals surface area contributed by atoms with Crippen LogP contribution in [0.5, 0.6) is 0 Å². The Morgan fingerprint density at radius 1 is 1.44 bits per heavy atom. The average Bonchev–Trinajstić information content (AvgIpc) is 2.62. The molecule has 1 aliphatic heterocycles. The van der Waals surface area contributed by atoms with Gasteiger partial charge in [0.2, 0.25) is 0 Å². The normalized spacial score (nSPS) is 15.0. The highest BCUT2D eigenvalue weighted by molar-refractivity contribution is 5.98. The summed E-state index contributed by atoms with van der Waals surface area (Å²) in [5.74, 6) is 1.58. The maximum absolute atomic E-state index is 12.1. The lowest BCUT2D eigenvalue weighted by Crippen LogP contribution is -2.36. The van der Waals surface area contributed by atoms with Crippen molar-refractivity contribution in [1.82, 2.24) is 14.8 Å². The number of likely N-dealkylation sites (tertiary alicyclic amines) is 1. The molecular weight excluding hydrogens is 320 g/mol. The fraction of sp³-hybridized carbons (Fsp3) is 0.611. The first-order valence-corrected chi connectivity index (χ1v) is 8.74. The number of hydrogen-bond donors (Lipinski definition) is 2. The van der Waals surface area contributed by atoms with Crippen LogP contribution >= 0.6 is 0 Å². The second kappa shape index (κ2) is 11.4. The van der Waals surface area contributed by atoms with Gasteiger partial charge in [0.15, 0.2) is 0 Å². The zero-order chi connectivity index (χ0) is 18.7. The number of carboxylic acid groups (broad SMARTS) is 1. The van der Waals surface area contributed by atoms with E-state index >= 15 is 0 Å². The Morgan fingerprint density at radius 2 is 2.08 bits per heavy atom. The summed E-state index contributed by atoms with van der Waals surface area (Å²) in [6.07, 6.45) is 5.65. The van der Waals surface area contributed by atoms with Crippen LogP contribution in [0.1, 0.15) is 36.5 Å². The van der Waals surface area contributed by atoms with Gasteiger partial charge in [0, 0.05) is 33.4 Å². The SMILES string of the molecule is CCC1CCN(CCNc2ncccc2C(=O)N(C)C)CC1.O=CO. The van der Waals surface area contributed by atoms with Crippen molar-refractivity contribution in [1.29, 1.82) is 0 Å².